The quantitative estimate of drug-likeness (QED) is 0.612. The highest BCUT2D eigenvalue weighted by Crippen LogP contribution is 2.15. The SMILES string of the molecule is CCN1CCCC1CNC(=NC)NCc1ccnc(OC)c1. The van der Waals surface area contributed by atoms with Crippen LogP contribution in [0.5, 0.6) is 5.88 Å². The van der Waals surface area contributed by atoms with Crippen molar-refractivity contribution < 1.29 is 4.74 Å². The summed E-state index contributed by atoms with van der Waals surface area (Å²) in [5.74, 6) is 1.46. The highest BCUT2D eigenvalue weighted by atomic mass is 16.5. The van der Waals surface area contributed by atoms with Crippen LogP contribution in [-0.4, -0.2) is 55.7 Å². The van der Waals surface area contributed by atoms with Gasteiger partial charge in [0.1, 0.15) is 0 Å². The number of rotatable bonds is 6. The molecule has 2 rings (SSSR count). The molecule has 0 saturated carbocycles. The Morgan fingerprint density at radius 3 is 3.09 bits per heavy atom. The average Bonchev–Trinajstić information content (AvgIpc) is 3.02. The van der Waals surface area contributed by atoms with Crippen molar-refractivity contribution in [3.8, 4) is 5.88 Å². The number of methoxy groups -OCH3 is 1. The number of pyridine rings is 1. The van der Waals surface area contributed by atoms with E-state index in [0.29, 0.717) is 18.5 Å². The van der Waals surface area contributed by atoms with Gasteiger partial charge in [-0.25, -0.2) is 4.98 Å². The van der Waals surface area contributed by atoms with Crippen LogP contribution >= 0.6 is 0 Å². The van der Waals surface area contributed by atoms with Crippen LogP contribution in [0.3, 0.4) is 0 Å². The van der Waals surface area contributed by atoms with Gasteiger partial charge in [0.25, 0.3) is 0 Å². The Morgan fingerprint density at radius 2 is 2.36 bits per heavy atom. The van der Waals surface area contributed by atoms with Crippen molar-refractivity contribution in [2.24, 2.45) is 4.99 Å². The summed E-state index contributed by atoms with van der Waals surface area (Å²) in [5, 5.41) is 6.76. The third kappa shape index (κ3) is 4.59. The van der Waals surface area contributed by atoms with Gasteiger partial charge in [0.2, 0.25) is 5.88 Å². The third-order valence-electron chi connectivity index (χ3n) is 4.10. The van der Waals surface area contributed by atoms with Gasteiger partial charge >= 0.3 is 0 Å². The summed E-state index contributed by atoms with van der Waals surface area (Å²) in [4.78, 5) is 10.9. The van der Waals surface area contributed by atoms with E-state index in [0.717, 1.165) is 24.6 Å². The van der Waals surface area contributed by atoms with Gasteiger partial charge in [-0.2, -0.15) is 0 Å². The molecule has 122 valence electrons. The molecule has 1 aromatic rings. The molecule has 22 heavy (non-hydrogen) atoms. The number of hydrogen-bond donors (Lipinski definition) is 2. The Morgan fingerprint density at radius 1 is 1.50 bits per heavy atom. The molecule has 1 aliphatic rings. The minimum Gasteiger partial charge on any atom is -0.481 e. The molecular weight excluding hydrogens is 278 g/mol. The van der Waals surface area contributed by atoms with Gasteiger partial charge in [-0.3, -0.25) is 9.89 Å². The summed E-state index contributed by atoms with van der Waals surface area (Å²) in [6, 6.07) is 4.51. The van der Waals surface area contributed by atoms with Gasteiger partial charge < -0.3 is 15.4 Å². The molecule has 1 atom stereocenters. The number of aliphatic imine (C=N–C) groups is 1. The zero-order valence-corrected chi connectivity index (χ0v) is 13.8. The Balaban J connectivity index is 1.79. The van der Waals surface area contributed by atoms with Crippen LogP contribution in [0.2, 0.25) is 0 Å². The first kappa shape index (κ1) is 16.5. The van der Waals surface area contributed by atoms with Gasteiger partial charge in [0, 0.05) is 38.4 Å². The molecule has 0 amide bonds. The standard InChI is InChI=1S/C16H27N5O/c1-4-21-9-5-6-14(21)12-20-16(17-2)19-11-13-7-8-18-15(10-13)22-3/h7-8,10,14H,4-6,9,11-12H2,1-3H3,(H2,17,19,20). The van der Waals surface area contributed by atoms with Crippen molar-refractivity contribution in [2.45, 2.75) is 32.4 Å². The minimum atomic E-state index is 0.615. The lowest BCUT2D eigenvalue weighted by Gasteiger charge is -2.24. The molecule has 0 aromatic carbocycles. The summed E-state index contributed by atoms with van der Waals surface area (Å²) in [5.41, 5.74) is 1.12. The van der Waals surface area contributed by atoms with Crippen molar-refractivity contribution in [1.82, 2.24) is 20.5 Å². The van der Waals surface area contributed by atoms with Crippen LogP contribution in [0.4, 0.5) is 0 Å². The van der Waals surface area contributed by atoms with E-state index in [2.05, 4.69) is 32.4 Å². The summed E-state index contributed by atoms with van der Waals surface area (Å²) in [6.07, 6.45) is 4.31. The van der Waals surface area contributed by atoms with E-state index in [1.807, 2.05) is 12.1 Å². The van der Waals surface area contributed by atoms with E-state index >= 15 is 0 Å². The predicted octanol–water partition coefficient (Wildman–Crippen LogP) is 1.24. The number of guanidine groups is 1. The fraction of sp³-hybridized carbons (Fsp3) is 0.625. The van der Waals surface area contributed by atoms with Crippen molar-refractivity contribution in [3.05, 3.63) is 23.9 Å². The number of nitrogens with zero attached hydrogens (tertiary/aromatic N) is 3. The molecule has 1 saturated heterocycles. The number of hydrogen-bond acceptors (Lipinski definition) is 4. The largest absolute Gasteiger partial charge is 0.481 e. The number of likely N-dealkylation sites (N-methyl/N-ethyl adjacent to an activating group) is 1. The van der Waals surface area contributed by atoms with Crippen LogP contribution in [-0.2, 0) is 6.54 Å². The molecule has 1 fully saturated rings. The van der Waals surface area contributed by atoms with Crippen molar-refractivity contribution in [2.75, 3.05) is 33.8 Å². The summed E-state index contributed by atoms with van der Waals surface area (Å²) in [6.45, 7) is 6.19. The highest BCUT2D eigenvalue weighted by Gasteiger charge is 2.22. The molecule has 1 unspecified atom stereocenters. The Labute approximate surface area is 133 Å². The molecule has 2 N–H and O–H groups in total. The fourth-order valence-corrected chi connectivity index (χ4v) is 2.84. The van der Waals surface area contributed by atoms with E-state index in [-0.39, 0.29) is 0 Å². The van der Waals surface area contributed by atoms with E-state index in [4.69, 9.17) is 4.74 Å². The van der Waals surface area contributed by atoms with Crippen LogP contribution < -0.4 is 15.4 Å². The first-order valence-corrected chi connectivity index (χ1v) is 7.94. The second-order valence-electron chi connectivity index (χ2n) is 5.44. The second-order valence-corrected chi connectivity index (χ2v) is 5.44. The number of aromatic nitrogens is 1. The normalized spacial score (nSPS) is 19.2. The fourth-order valence-electron chi connectivity index (χ4n) is 2.84. The lowest BCUT2D eigenvalue weighted by molar-refractivity contribution is 0.267. The summed E-state index contributed by atoms with van der Waals surface area (Å²) in [7, 11) is 3.43. The van der Waals surface area contributed by atoms with Crippen LogP contribution in [0.15, 0.2) is 23.3 Å². The minimum absolute atomic E-state index is 0.615. The molecule has 0 bridgehead atoms. The van der Waals surface area contributed by atoms with E-state index in [9.17, 15) is 0 Å². The molecule has 0 radical (unpaired) electrons. The van der Waals surface area contributed by atoms with Crippen molar-refractivity contribution in [3.63, 3.8) is 0 Å². The average molecular weight is 305 g/mol. The number of ether oxygens (including phenoxy) is 1. The van der Waals surface area contributed by atoms with Crippen LogP contribution in [0.1, 0.15) is 25.3 Å². The molecule has 6 nitrogen and oxygen atoms in total. The molecule has 1 aromatic heterocycles. The second kappa shape index (κ2) is 8.58. The van der Waals surface area contributed by atoms with Gasteiger partial charge in [-0.05, 0) is 37.6 Å². The monoisotopic (exact) mass is 305 g/mol. The van der Waals surface area contributed by atoms with E-state index in [1.165, 1.54) is 19.4 Å². The lowest BCUT2D eigenvalue weighted by Crippen LogP contribution is -2.44. The van der Waals surface area contributed by atoms with E-state index in [1.54, 1.807) is 20.4 Å². The van der Waals surface area contributed by atoms with Gasteiger partial charge in [-0.15, -0.1) is 0 Å². The predicted molar refractivity (Wildman–Crippen MR) is 89.3 cm³/mol. The summed E-state index contributed by atoms with van der Waals surface area (Å²) >= 11 is 0. The smallest absolute Gasteiger partial charge is 0.213 e. The topological polar surface area (TPSA) is 61.8 Å². The summed E-state index contributed by atoms with van der Waals surface area (Å²) < 4.78 is 5.14. The number of nitrogens with one attached hydrogen (secondary N) is 2. The van der Waals surface area contributed by atoms with Gasteiger partial charge in [-0.1, -0.05) is 6.92 Å². The van der Waals surface area contributed by atoms with Crippen molar-refractivity contribution >= 4 is 5.96 Å². The van der Waals surface area contributed by atoms with Gasteiger partial charge in [0.05, 0.1) is 7.11 Å². The Hall–Kier alpha value is -1.82. The van der Waals surface area contributed by atoms with Crippen molar-refractivity contribution in [1.29, 1.82) is 0 Å². The Kier molecular flexibility index (Phi) is 6.45. The third-order valence-corrected chi connectivity index (χ3v) is 4.10. The molecule has 0 aliphatic carbocycles. The zero-order valence-electron chi connectivity index (χ0n) is 13.8. The maximum Gasteiger partial charge on any atom is 0.213 e. The first-order chi connectivity index (χ1) is 10.8. The highest BCUT2D eigenvalue weighted by molar-refractivity contribution is 5.79. The lowest BCUT2D eigenvalue weighted by atomic mass is 10.2. The molecule has 0 spiro atoms. The molecule has 6 heteroatoms. The molecular formula is C16H27N5O. The number of likely N-dealkylation sites (tertiary alicyclic amines) is 1. The Bertz CT molecular complexity index is 491. The van der Waals surface area contributed by atoms with Crippen LogP contribution in [0, 0.1) is 0 Å². The molecule has 2 heterocycles. The van der Waals surface area contributed by atoms with Crippen LogP contribution in [0.25, 0.3) is 0 Å². The molecule has 1 aliphatic heterocycles. The van der Waals surface area contributed by atoms with E-state index < -0.39 is 0 Å². The maximum absolute atomic E-state index is 5.14. The zero-order chi connectivity index (χ0) is 15.8. The van der Waals surface area contributed by atoms with Gasteiger partial charge in [0.15, 0.2) is 5.96 Å². The maximum atomic E-state index is 5.14. The first-order valence-electron chi connectivity index (χ1n) is 7.94.